The van der Waals surface area contributed by atoms with E-state index in [0.717, 1.165) is 52.7 Å². The number of urea groups is 2. The van der Waals surface area contributed by atoms with Crippen LogP contribution in [-0.4, -0.2) is 24.6 Å². The van der Waals surface area contributed by atoms with E-state index < -0.39 is 11.1 Å². The van der Waals surface area contributed by atoms with Crippen LogP contribution in [0.4, 0.5) is 9.59 Å². The lowest BCUT2D eigenvalue weighted by molar-refractivity contribution is 0.0742. The van der Waals surface area contributed by atoms with Crippen molar-refractivity contribution in [3.8, 4) is 0 Å². The summed E-state index contributed by atoms with van der Waals surface area (Å²) in [6.07, 6.45) is 2.60. The quantitative estimate of drug-likeness (QED) is 0.245. The van der Waals surface area contributed by atoms with Gasteiger partial charge in [-0.05, 0) is 106 Å². The molecule has 2 aromatic carbocycles. The van der Waals surface area contributed by atoms with Gasteiger partial charge in [-0.15, -0.1) is 0 Å². The summed E-state index contributed by atoms with van der Waals surface area (Å²) in [5.74, 6) is 0. The summed E-state index contributed by atoms with van der Waals surface area (Å²) in [5.41, 5.74) is 4.87. The average molecular weight is 573 g/mol. The van der Waals surface area contributed by atoms with Crippen LogP contribution in [-0.2, 0) is 11.1 Å². The van der Waals surface area contributed by atoms with Gasteiger partial charge in [0.1, 0.15) is 0 Å². The van der Waals surface area contributed by atoms with Crippen LogP contribution in [0.3, 0.4) is 0 Å². The Bertz CT molecular complexity index is 1340. The monoisotopic (exact) mass is 572 g/mol. The number of hydrogen-bond donors (Lipinski definition) is 4. The van der Waals surface area contributed by atoms with Gasteiger partial charge in [-0.25, -0.2) is 9.59 Å². The minimum Gasteiger partial charge on any atom is -0.338 e. The van der Waals surface area contributed by atoms with Gasteiger partial charge < -0.3 is 21.3 Å². The summed E-state index contributed by atoms with van der Waals surface area (Å²) in [6, 6.07) is 15.9. The third-order valence-electron chi connectivity index (χ3n) is 8.46. The fraction of sp³-hybridized carbons (Fsp3) is 0.500. The second-order valence-electron chi connectivity index (χ2n) is 14.6. The van der Waals surface area contributed by atoms with Crippen molar-refractivity contribution in [1.29, 1.82) is 0 Å². The minimum absolute atomic E-state index is 0.0106. The highest BCUT2D eigenvalue weighted by molar-refractivity contribution is 5.76. The van der Waals surface area contributed by atoms with Gasteiger partial charge in [0, 0.05) is 12.6 Å². The van der Waals surface area contributed by atoms with Gasteiger partial charge in [-0.1, -0.05) is 81.5 Å². The van der Waals surface area contributed by atoms with Crippen molar-refractivity contribution in [2.75, 3.05) is 6.54 Å². The van der Waals surface area contributed by atoms with Crippen molar-refractivity contribution in [2.45, 2.75) is 98.7 Å². The Morgan fingerprint density at radius 2 is 1.29 bits per heavy atom. The Kier molecular flexibility index (Phi) is 9.71. The molecule has 1 aliphatic carbocycles. The predicted molar refractivity (Wildman–Crippen MR) is 176 cm³/mol. The van der Waals surface area contributed by atoms with E-state index in [4.69, 9.17) is 0 Å². The van der Waals surface area contributed by atoms with Gasteiger partial charge in [-0.3, -0.25) is 0 Å². The molecule has 0 unspecified atom stereocenters. The molecule has 4 amide bonds. The number of hydrogen-bond acceptors (Lipinski definition) is 2. The minimum atomic E-state index is -0.556. The highest BCUT2D eigenvalue weighted by atomic mass is 16.2. The summed E-state index contributed by atoms with van der Waals surface area (Å²) in [4.78, 5) is 26.3. The van der Waals surface area contributed by atoms with Crippen molar-refractivity contribution in [1.82, 2.24) is 21.3 Å². The molecule has 0 saturated heterocycles. The fourth-order valence-corrected chi connectivity index (χ4v) is 6.49. The van der Waals surface area contributed by atoms with E-state index in [2.05, 4.69) is 67.3 Å². The van der Waals surface area contributed by atoms with Gasteiger partial charge in [0.2, 0.25) is 0 Å². The maximum Gasteiger partial charge on any atom is 0.315 e. The number of allylic oxidation sites excluding steroid dienone is 2. The van der Waals surface area contributed by atoms with Crippen LogP contribution in [0.15, 0.2) is 61.7 Å². The fourth-order valence-electron chi connectivity index (χ4n) is 6.49. The summed E-state index contributed by atoms with van der Waals surface area (Å²) in [5, 5.41) is 12.7. The lowest BCUT2D eigenvalue weighted by Crippen LogP contribution is -2.55. The molecule has 0 heterocycles. The number of benzene rings is 2. The maximum atomic E-state index is 13.2. The van der Waals surface area contributed by atoms with Crippen LogP contribution < -0.4 is 21.3 Å². The van der Waals surface area contributed by atoms with Crippen molar-refractivity contribution in [3.05, 3.63) is 83.9 Å². The van der Waals surface area contributed by atoms with Crippen molar-refractivity contribution >= 4 is 23.2 Å². The molecule has 0 aliphatic heterocycles. The van der Waals surface area contributed by atoms with E-state index in [9.17, 15) is 9.59 Å². The lowest BCUT2D eigenvalue weighted by Gasteiger charge is -2.47. The SMILES string of the molecule is C=C(C)c1cccc(C(C)(C)NC(=O)NC[C@]2(C)C[C@@H](NC(=O)NC(C)(C)c3cccc(C(=C)C)c3)CC(C)(C)C2)c1. The molecule has 4 N–H and O–H groups in total. The Labute approximate surface area is 253 Å². The molecule has 2 aromatic rings. The molecule has 0 aromatic heterocycles. The molecule has 3 rings (SSSR count). The van der Waals surface area contributed by atoms with Crippen molar-refractivity contribution in [2.24, 2.45) is 10.8 Å². The zero-order valence-corrected chi connectivity index (χ0v) is 27.3. The van der Waals surface area contributed by atoms with Crippen LogP contribution in [0.5, 0.6) is 0 Å². The van der Waals surface area contributed by atoms with Gasteiger partial charge in [0.25, 0.3) is 0 Å². The normalized spacial score (nSPS) is 20.3. The van der Waals surface area contributed by atoms with Gasteiger partial charge in [-0.2, -0.15) is 0 Å². The summed E-state index contributed by atoms with van der Waals surface area (Å²) in [7, 11) is 0. The molecule has 0 radical (unpaired) electrons. The van der Waals surface area contributed by atoms with Gasteiger partial charge in [0.05, 0.1) is 11.1 Å². The predicted octanol–water partition coefficient (Wildman–Crippen LogP) is 8.11. The highest BCUT2D eigenvalue weighted by Crippen LogP contribution is 2.45. The first kappa shape index (κ1) is 33.0. The van der Waals surface area contributed by atoms with E-state index in [0.29, 0.717) is 6.54 Å². The molecule has 1 saturated carbocycles. The number of rotatable bonds is 9. The van der Waals surface area contributed by atoms with Crippen molar-refractivity contribution in [3.63, 3.8) is 0 Å². The molecular weight excluding hydrogens is 520 g/mol. The molecule has 0 spiro atoms. The van der Waals surface area contributed by atoms with Crippen LogP contribution in [0, 0.1) is 10.8 Å². The van der Waals surface area contributed by atoms with E-state index in [1.165, 1.54) is 0 Å². The zero-order valence-electron chi connectivity index (χ0n) is 27.3. The molecule has 1 aliphatic rings. The van der Waals surface area contributed by atoms with E-state index >= 15 is 0 Å². The topological polar surface area (TPSA) is 82.3 Å². The Morgan fingerprint density at radius 3 is 1.76 bits per heavy atom. The van der Waals surface area contributed by atoms with Crippen molar-refractivity contribution < 1.29 is 9.59 Å². The number of nitrogens with one attached hydrogen (secondary N) is 4. The smallest absolute Gasteiger partial charge is 0.315 e. The second kappa shape index (κ2) is 12.4. The molecule has 0 bridgehead atoms. The molecular formula is C36H52N4O2. The summed E-state index contributed by atoms with van der Waals surface area (Å²) < 4.78 is 0. The van der Waals surface area contributed by atoms with Crippen LogP contribution >= 0.6 is 0 Å². The molecule has 6 heteroatoms. The van der Waals surface area contributed by atoms with E-state index in [1.54, 1.807) is 0 Å². The Morgan fingerprint density at radius 1 is 0.810 bits per heavy atom. The first-order valence-corrected chi connectivity index (χ1v) is 15.0. The molecule has 2 atom stereocenters. The third-order valence-corrected chi connectivity index (χ3v) is 8.46. The zero-order chi connectivity index (χ0) is 31.5. The first-order valence-electron chi connectivity index (χ1n) is 15.0. The van der Waals surface area contributed by atoms with Crippen LogP contribution in [0.2, 0.25) is 0 Å². The number of amides is 4. The van der Waals surface area contributed by atoms with Gasteiger partial charge in [0.15, 0.2) is 0 Å². The lowest BCUT2D eigenvalue weighted by atomic mass is 9.62. The third kappa shape index (κ3) is 8.73. The van der Waals surface area contributed by atoms with Gasteiger partial charge >= 0.3 is 12.1 Å². The highest BCUT2D eigenvalue weighted by Gasteiger charge is 2.42. The summed E-state index contributed by atoms with van der Waals surface area (Å²) in [6.45, 7) is 27.3. The second-order valence-corrected chi connectivity index (χ2v) is 14.6. The average Bonchev–Trinajstić information content (AvgIpc) is 2.86. The summed E-state index contributed by atoms with van der Waals surface area (Å²) >= 11 is 0. The largest absolute Gasteiger partial charge is 0.338 e. The number of carbonyl (C=O) groups excluding carboxylic acids is 2. The Hall–Kier alpha value is -3.54. The first-order chi connectivity index (χ1) is 19.3. The molecule has 42 heavy (non-hydrogen) atoms. The number of carbonyl (C=O) groups is 2. The van der Waals surface area contributed by atoms with Crippen LogP contribution in [0.25, 0.3) is 11.1 Å². The Balaban J connectivity index is 1.62. The van der Waals surface area contributed by atoms with E-state index in [-0.39, 0.29) is 28.9 Å². The molecule has 228 valence electrons. The van der Waals surface area contributed by atoms with Crippen LogP contribution in [0.1, 0.15) is 104 Å². The van der Waals surface area contributed by atoms with E-state index in [1.807, 2.05) is 77.9 Å². The standard InChI is InChI=1S/C36H52N4O2/c1-24(2)26-14-12-16-28(18-26)34(7,8)39-31(41)37-23-36(11)21-30(20-33(5,6)22-36)38-32(42)40-35(9,10)29-17-13-15-27(19-29)25(3)4/h12-19,30H,1,3,20-23H2,2,4-11H3,(H2,37,39,41)(H2,38,40,42)/t30-,36+/m0/s1. The maximum absolute atomic E-state index is 13.2. The molecule has 6 nitrogen and oxygen atoms in total. The molecule has 1 fully saturated rings.